The van der Waals surface area contributed by atoms with Gasteiger partial charge in [-0.15, -0.1) is 0 Å². The molecule has 100 valence electrons. The van der Waals surface area contributed by atoms with Gasteiger partial charge in [0.15, 0.2) is 0 Å². The molecular weight excluding hydrogens is 316 g/mol. The number of ether oxygens (including phenoxy) is 1. The summed E-state index contributed by atoms with van der Waals surface area (Å²) in [6, 6.07) is 7.44. The second-order valence-corrected chi connectivity index (χ2v) is 4.80. The third-order valence-electron chi connectivity index (χ3n) is 2.83. The highest BCUT2D eigenvalue weighted by molar-refractivity contribution is 9.10. The highest BCUT2D eigenvalue weighted by Gasteiger charge is 2.15. The van der Waals surface area contributed by atoms with Gasteiger partial charge in [-0.1, -0.05) is 6.07 Å². The fraction of sp³-hybridized carbons (Fsp3) is 0.143. The second kappa shape index (κ2) is 5.67. The lowest BCUT2D eigenvalue weighted by Gasteiger charge is -2.11. The summed E-state index contributed by atoms with van der Waals surface area (Å²) in [5.41, 5.74) is 6.65. The van der Waals surface area contributed by atoms with Crippen molar-refractivity contribution in [3.63, 3.8) is 0 Å². The van der Waals surface area contributed by atoms with Crippen molar-refractivity contribution in [2.24, 2.45) is 5.73 Å². The highest BCUT2D eigenvalue weighted by Crippen LogP contribution is 2.33. The number of hydrogen-bond acceptors (Lipinski definition) is 2. The summed E-state index contributed by atoms with van der Waals surface area (Å²) in [5.74, 6) is -0.649. The monoisotopic (exact) mass is 327 g/mol. The zero-order valence-corrected chi connectivity index (χ0v) is 11.8. The molecule has 0 saturated carbocycles. The average Bonchev–Trinajstić information content (AvgIpc) is 2.43. The van der Waals surface area contributed by atoms with Crippen LogP contribution in [0, 0.1) is 11.6 Å². The maximum atomic E-state index is 14.0. The lowest BCUT2D eigenvalue weighted by atomic mass is 10.0. The van der Waals surface area contributed by atoms with E-state index in [4.69, 9.17) is 10.5 Å². The summed E-state index contributed by atoms with van der Waals surface area (Å²) >= 11 is 3.05. The number of methoxy groups -OCH3 is 1. The smallest absolute Gasteiger partial charge is 0.148 e. The molecule has 0 radical (unpaired) electrons. The van der Waals surface area contributed by atoms with Crippen molar-refractivity contribution >= 4 is 15.9 Å². The second-order valence-electron chi connectivity index (χ2n) is 3.95. The summed E-state index contributed by atoms with van der Waals surface area (Å²) in [6.07, 6.45) is 0. The van der Waals surface area contributed by atoms with Crippen molar-refractivity contribution < 1.29 is 13.5 Å². The van der Waals surface area contributed by atoms with E-state index in [2.05, 4.69) is 15.9 Å². The fourth-order valence-electron chi connectivity index (χ4n) is 1.89. The van der Waals surface area contributed by atoms with Gasteiger partial charge < -0.3 is 10.5 Å². The summed E-state index contributed by atoms with van der Waals surface area (Å²) in [7, 11) is 1.52. The molecule has 2 rings (SSSR count). The predicted octanol–water partition coefficient (Wildman–Crippen LogP) is 3.86. The van der Waals surface area contributed by atoms with Crippen LogP contribution in [0.3, 0.4) is 0 Å². The van der Waals surface area contributed by atoms with Crippen LogP contribution in [0.5, 0.6) is 5.75 Å². The molecule has 0 atom stereocenters. The lowest BCUT2D eigenvalue weighted by molar-refractivity contribution is 0.410. The van der Waals surface area contributed by atoms with E-state index in [9.17, 15) is 8.78 Å². The van der Waals surface area contributed by atoms with Crippen LogP contribution in [0.25, 0.3) is 11.1 Å². The van der Waals surface area contributed by atoms with Gasteiger partial charge in [-0.25, -0.2) is 8.78 Å². The van der Waals surface area contributed by atoms with Crippen LogP contribution in [-0.2, 0) is 6.54 Å². The first-order valence-corrected chi connectivity index (χ1v) is 6.38. The molecule has 0 unspecified atom stereocenters. The van der Waals surface area contributed by atoms with E-state index in [0.29, 0.717) is 16.9 Å². The quantitative estimate of drug-likeness (QED) is 0.869. The minimum Gasteiger partial charge on any atom is -0.496 e. The van der Waals surface area contributed by atoms with E-state index in [0.717, 1.165) is 0 Å². The number of rotatable bonds is 3. The van der Waals surface area contributed by atoms with Gasteiger partial charge in [0.05, 0.1) is 17.1 Å². The summed E-state index contributed by atoms with van der Waals surface area (Å²) in [6.45, 7) is 0.230. The van der Waals surface area contributed by atoms with Gasteiger partial charge in [0, 0.05) is 12.1 Å². The van der Waals surface area contributed by atoms with Crippen LogP contribution in [0.4, 0.5) is 8.78 Å². The van der Waals surface area contributed by atoms with Gasteiger partial charge in [0.25, 0.3) is 0 Å². The number of hydrogen-bond donors (Lipinski definition) is 1. The van der Waals surface area contributed by atoms with Crippen LogP contribution in [0.2, 0.25) is 0 Å². The molecule has 0 spiro atoms. The summed E-state index contributed by atoms with van der Waals surface area (Å²) < 4.78 is 33.2. The van der Waals surface area contributed by atoms with Crippen LogP contribution < -0.4 is 10.5 Å². The molecule has 5 heteroatoms. The molecule has 2 aromatic carbocycles. The number of halogens is 3. The molecule has 0 bridgehead atoms. The Hall–Kier alpha value is -1.46. The molecule has 2 aromatic rings. The van der Waals surface area contributed by atoms with E-state index in [1.807, 2.05) is 0 Å². The Kier molecular flexibility index (Phi) is 4.17. The highest BCUT2D eigenvalue weighted by atomic mass is 79.9. The van der Waals surface area contributed by atoms with Gasteiger partial charge in [-0.05, 0) is 45.8 Å². The molecule has 0 heterocycles. The topological polar surface area (TPSA) is 35.2 Å². The molecule has 19 heavy (non-hydrogen) atoms. The van der Waals surface area contributed by atoms with Gasteiger partial charge in [0.1, 0.15) is 17.4 Å². The van der Waals surface area contributed by atoms with Crippen molar-refractivity contribution in [3.8, 4) is 16.9 Å². The Bertz CT molecular complexity index is 617. The van der Waals surface area contributed by atoms with E-state index in [-0.39, 0.29) is 16.6 Å². The Labute approximate surface area is 118 Å². The van der Waals surface area contributed by atoms with Crippen LogP contribution in [0.15, 0.2) is 34.8 Å². The molecular formula is C14H12BrF2NO. The molecule has 0 aliphatic rings. The van der Waals surface area contributed by atoms with Crippen LogP contribution in [-0.4, -0.2) is 7.11 Å². The first-order valence-electron chi connectivity index (χ1n) is 5.59. The van der Waals surface area contributed by atoms with E-state index in [1.54, 1.807) is 18.2 Å². The third kappa shape index (κ3) is 2.62. The molecule has 2 nitrogen and oxygen atoms in total. The predicted molar refractivity (Wildman–Crippen MR) is 73.9 cm³/mol. The standard InChI is InChI=1S/C14H12BrF2NO/c1-19-12-5-2-8(6-9(12)7-18)13-11(16)4-3-10(15)14(13)17/h2-6H,7,18H2,1H3. The Morgan fingerprint density at radius 1 is 1.21 bits per heavy atom. The van der Waals surface area contributed by atoms with Gasteiger partial charge in [-0.3, -0.25) is 0 Å². The SMILES string of the molecule is COc1ccc(-c2c(F)ccc(Br)c2F)cc1CN. The largest absolute Gasteiger partial charge is 0.496 e. The Morgan fingerprint density at radius 3 is 2.58 bits per heavy atom. The lowest BCUT2D eigenvalue weighted by Crippen LogP contribution is -2.01. The third-order valence-corrected chi connectivity index (χ3v) is 3.45. The van der Waals surface area contributed by atoms with Gasteiger partial charge >= 0.3 is 0 Å². The first kappa shape index (κ1) is 14.0. The van der Waals surface area contributed by atoms with Gasteiger partial charge in [-0.2, -0.15) is 0 Å². The molecule has 0 aromatic heterocycles. The van der Waals surface area contributed by atoms with E-state index >= 15 is 0 Å². The minimum atomic E-state index is -0.631. The van der Waals surface area contributed by atoms with Crippen molar-refractivity contribution in [3.05, 3.63) is 52.0 Å². The molecule has 0 aliphatic heterocycles. The molecule has 0 saturated heterocycles. The summed E-state index contributed by atoms with van der Waals surface area (Å²) in [5, 5.41) is 0. The Balaban J connectivity index is 2.63. The maximum absolute atomic E-state index is 14.0. The zero-order chi connectivity index (χ0) is 14.0. The molecule has 0 amide bonds. The summed E-state index contributed by atoms with van der Waals surface area (Å²) in [4.78, 5) is 0. The van der Waals surface area contributed by atoms with E-state index in [1.165, 1.54) is 19.2 Å². The first-order chi connectivity index (χ1) is 9.08. The minimum absolute atomic E-state index is 0.0771. The fourth-order valence-corrected chi connectivity index (χ4v) is 2.22. The number of benzene rings is 2. The maximum Gasteiger partial charge on any atom is 0.148 e. The molecule has 2 N–H and O–H groups in total. The molecule has 0 fully saturated rings. The molecule has 0 aliphatic carbocycles. The van der Waals surface area contributed by atoms with E-state index < -0.39 is 11.6 Å². The van der Waals surface area contributed by atoms with Crippen molar-refractivity contribution in [1.29, 1.82) is 0 Å². The van der Waals surface area contributed by atoms with Crippen LogP contribution in [0.1, 0.15) is 5.56 Å². The zero-order valence-electron chi connectivity index (χ0n) is 10.2. The van der Waals surface area contributed by atoms with Crippen molar-refractivity contribution in [2.45, 2.75) is 6.54 Å². The Morgan fingerprint density at radius 2 is 1.95 bits per heavy atom. The normalized spacial score (nSPS) is 10.6. The van der Waals surface area contributed by atoms with Crippen molar-refractivity contribution in [1.82, 2.24) is 0 Å². The van der Waals surface area contributed by atoms with Crippen molar-refractivity contribution in [2.75, 3.05) is 7.11 Å². The average molecular weight is 328 g/mol. The number of nitrogens with two attached hydrogens (primary N) is 1. The van der Waals surface area contributed by atoms with Gasteiger partial charge in [0.2, 0.25) is 0 Å². The van der Waals surface area contributed by atoms with Crippen LogP contribution >= 0.6 is 15.9 Å².